The number of hydrogen-bond acceptors (Lipinski definition) is 2. The average molecular weight is 257 g/mol. The molecule has 1 unspecified atom stereocenters. The molecule has 1 atom stereocenters. The highest BCUT2D eigenvalue weighted by atomic mass is 32.1. The topological polar surface area (TPSA) is 12.0 Å². The van der Waals surface area contributed by atoms with Gasteiger partial charge in [-0.25, -0.2) is 0 Å². The summed E-state index contributed by atoms with van der Waals surface area (Å²) in [5.41, 5.74) is 1.81. The van der Waals surface area contributed by atoms with Crippen molar-refractivity contribution in [2.75, 3.05) is 7.05 Å². The van der Waals surface area contributed by atoms with E-state index in [0.29, 0.717) is 11.5 Å². The molecule has 1 aliphatic carbocycles. The fraction of sp³-hybridized carbons (Fsp3) is 0.375. The van der Waals surface area contributed by atoms with Crippen LogP contribution in [-0.4, -0.2) is 7.05 Å². The summed E-state index contributed by atoms with van der Waals surface area (Å²) in [6, 6.07) is 15.9. The smallest absolute Gasteiger partial charge is 0.0510 e. The molecule has 1 aromatic carbocycles. The maximum absolute atomic E-state index is 3.54. The Hall–Kier alpha value is -1.12. The molecule has 1 aromatic heterocycles. The third kappa shape index (κ3) is 1.90. The predicted molar refractivity (Wildman–Crippen MR) is 78.2 cm³/mol. The normalized spacial score (nSPS) is 18.6. The predicted octanol–water partition coefficient (Wildman–Crippen LogP) is 4.05. The van der Waals surface area contributed by atoms with Gasteiger partial charge in [-0.2, -0.15) is 0 Å². The number of aryl methyl sites for hydroxylation is 1. The number of nitrogens with one attached hydrogen (secondary N) is 1. The maximum Gasteiger partial charge on any atom is 0.0510 e. The van der Waals surface area contributed by atoms with Gasteiger partial charge in [0.15, 0.2) is 0 Å². The van der Waals surface area contributed by atoms with E-state index in [0.717, 1.165) is 0 Å². The quantitative estimate of drug-likeness (QED) is 0.871. The zero-order valence-electron chi connectivity index (χ0n) is 10.9. The lowest BCUT2D eigenvalue weighted by Gasteiger charge is -2.26. The molecule has 1 aliphatic rings. The third-order valence-corrected chi connectivity index (χ3v) is 5.09. The molecule has 18 heavy (non-hydrogen) atoms. The second-order valence-electron chi connectivity index (χ2n) is 5.19. The lowest BCUT2D eigenvalue weighted by atomic mass is 9.87. The van der Waals surface area contributed by atoms with Crippen LogP contribution in [0.15, 0.2) is 42.5 Å². The molecule has 1 N–H and O–H groups in total. The van der Waals surface area contributed by atoms with E-state index < -0.39 is 0 Å². The number of benzene rings is 1. The Balaban J connectivity index is 1.97. The minimum Gasteiger partial charge on any atom is -0.312 e. The van der Waals surface area contributed by atoms with Crippen molar-refractivity contribution < 1.29 is 0 Å². The Bertz CT molecular complexity index is 525. The molecule has 1 fully saturated rings. The Kier molecular flexibility index (Phi) is 3.00. The zero-order chi connectivity index (χ0) is 12.6. The van der Waals surface area contributed by atoms with Crippen LogP contribution in [0, 0.1) is 6.92 Å². The average Bonchev–Trinajstić information content (AvgIpc) is 3.09. The highest BCUT2D eigenvalue weighted by Gasteiger charge is 2.50. The number of hydrogen-bond donors (Lipinski definition) is 1. The minimum absolute atomic E-state index is 0.327. The molecule has 1 saturated carbocycles. The molecule has 2 heteroatoms. The molecule has 0 radical (unpaired) electrons. The van der Waals surface area contributed by atoms with Gasteiger partial charge in [-0.15, -0.1) is 11.3 Å². The summed E-state index contributed by atoms with van der Waals surface area (Å²) in [6.07, 6.45) is 2.58. The SMILES string of the molecule is CNC(c1ccc(C)s1)C1(c2ccccc2)CC1. The Morgan fingerprint density at radius 2 is 1.83 bits per heavy atom. The fourth-order valence-electron chi connectivity index (χ4n) is 2.95. The van der Waals surface area contributed by atoms with Crippen LogP contribution >= 0.6 is 11.3 Å². The van der Waals surface area contributed by atoms with E-state index in [2.05, 4.69) is 61.8 Å². The third-order valence-electron chi connectivity index (χ3n) is 4.02. The second kappa shape index (κ2) is 4.52. The van der Waals surface area contributed by atoms with Gasteiger partial charge in [0.2, 0.25) is 0 Å². The van der Waals surface area contributed by atoms with E-state index >= 15 is 0 Å². The van der Waals surface area contributed by atoms with Crippen LogP contribution in [-0.2, 0) is 5.41 Å². The molecule has 1 nitrogen and oxygen atoms in total. The van der Waals surface area contributed by atoms with Crippen molar-refractivity contribution in [2.45, 2.75) is 31.2 Å². The number of thiophene rings is 1. The van der Waals surface area contributed by atoms with Gasteiger partial charge in [-0.1, -0.05) is 30.3 Å². The molecule has 2 aromatic rings. The standard InChI is InChI=1S/C16H19NS/c1-12-8-9-14(18-12)15(17-2)16(10-11-16)13-6-4-3-5-7-13/h3-9,15,17H,10-11H2,1-2H3. The summed E-state index contributed by atoms with van der Waals surface area (Å²) >= 11 is 1.92. The fourth-order valence-corrected chi connectivity index (χ4v) is 4.05. The second-order valence-corrected chi connectivity index (χ2v) is 6.51. The number of rotatable bonds is 4. The first kappa shape index (κ1) is 11.9. The van der Waals surface area contributed by atoms with E-state index in [1.54, 1.807) is 0 Å². The first-order valence-electron chi connectivity index (χ1n) is 6.55. The van der Waals surface area contributed by atoms with Crippen LogP contribution in [0.3, 0.4) is 0 Å². The summed E-state index contributed by atoms with van der Waals surface area (Å²) in [5, 5.41) is 3.54. The Morgan fingerprint density at radius 3 is 2.33 bits per heavy atom. The van der Waals surface area contributed by atoms with Crippen molar-refractivity contribution >= 4 is 11.3 Å². The molecular formula is C16H19NS. The monoisotopic (exact) mass is 257 g/mol. The van der Waals surface area contributed by atoms with Crippen molar-refractivity contribution in [3.05, 3.63) is 57.8 Å². The summed E-state index contributed by atoms with van der Waals surface area (Å²) < 4.78 is 0. The zero-order valence-corrected chi connectivity index (χ0v) is 11.8. The van der Waals surface area contributed by atoms with Crippen LogP contribution < -0.4 is 5.32 Å². The van der Waals surface area contributed by atoms with Crippen LogP contribution in [0.25, 0.3) is 0 Å². The van der Waals surface area contributed by atoms with Gasteiger partial charge >= 0.3 is 0 Å². The van der Waals surface area contributed by atoms with E-state index in [-0.39, 0.29) is 0 Å². The lowest BCUT2D eigenvalue weighted by molar-refractivity contribution is 0.470. The molecular weight excluding hydrogens is 238 g/mol. The van der Waals surface area contributed by atoms with E-state index in [4.69, 9.17) is 0 Å². The molecule has 1 heterocycles. The Morgan fingerprint density at radius 1 is 1.11 bits per heavy atom. The van der Waals surface area contributed by atoms with E-state index in [1.807, 2.05) is 11.3 Å². The Labute approximate surface area is 113 Å². The van der Waals surface area contributed by atoms with E-state index in [1.165, 1.54) is 28.2 Å². The molecule has 0 bridgehead atoms. The van der Waals surface area contributed by atoms with Gasteiger partial charge in [0.1, 0.15) is 0 Å². The lowest BCUT2D eigenvalue weighted by Crippen LogP contribution is -2.28. The van der Waals surface area contributed by atoms with Crippen LogP contribution in [0.1, 0.15) is 34.2 Å². The van der Waals surface area contributed by atoms with Crippen molar-refractivity contribution in [1.82, 2.24) is 5.32 Å². The van der Waals surface area contributed by atoms with Crippen molar-refractivity contribution in [2.24, 2.45) is 0 Å². The molecule has 0 aliphatic heterocycles. The summed E-state index contributed by atoms with van der Waals surface area (Å²) in [6.45, 7) is 2.18. The van der Waals surface area contributed by atoms with Gasteiger partial charge in [0, 0.05) is 15.2 Å². The highest BCUT2D eigenvalue weighted by Crippen LogP contribution is 2.57. The summed E-state index contributed by atoms with van der Waals surface area (Å²) in [4.78, 5) is 2.87. The van der Waals surface area contributed by atoms with E-state index in [9.17, 15) is 0 Å². The van der Waals surface area contributed by atoms with Crippen molar-refractivity contribution in [1.29, 1.82) is 0 Å². The maximum atomic E-state index is 3.54. The van der Waals surface area contributed by atoms with Gasteiger partial charge in [0.05, 0.1) is 6.04 Å². The van der Waals surface area contributed by atoms with Gasteiger partial charge in [-0.3, -0.25) is 0 Å². The molecule has 3 rings (SSSR count). The summed E-state index contributed by atoms with van der Waals surface area (Å²) in [5.74, 6) is 0. The van der Waals surface area contributed by atoms with Gasteiger partial charge in [0.25, 0.3) is 0 Å². The largest absolute Gasteiger partial charge is 0.312 e. The summed E-state index contributed by atoms with van der Waals surface area (Å²) in [7, 11) is 2.09. The van der Waals surface area contributed by atoms with Gasteiger partial charge < -0.3 is 5.32 Å². The minimum atomic E-state index is 0.327. The van der Waals surface area contributed by atoms with Crippen LogP contribution in [0.2, 0.25) is 0 Å². The van der Waals surface area contributed by atoms with Gasteiger partial charge in [-0.05, 0) is 44.5 Å². The molecule has 0 amide bonds. The van der Waals surface area contributed by atoms with Crippen LogP contribution in [0.4, 0.5) is 0 Å². The molecule has 94 valence electrons. The highest BCUT2D eigenvalue weighted by molar-refractivity contribution is 7.12. The first-order valence-corrected chi connectivity index (χ1v) is 7.37. The van der Waals surface area contributed by atoms with Crippen molar-refractivity contribution in [3.63, 3.8) is 0 Å². The first-order chi connectivity index (χ1) is 8.76. The number of likely N-dealkylation sites (N-methyl/N-ethyl adjacent to an activating group) is 1. The molecule has 0 saturated heterocycles. The molecule has 0 spiro atoms. The van der Waals surface area contributed by atoms with Crippen molar-refractivity contribution in [3.8, 4) is 0 Å². The van der Waals surface area contributed by atoms with Crippen LogP contribution in [0.5, 0.6) is 0 Å².